The van der Waals surface area contributed by atoms with Gasteiger partial charge in [0.05, 0.1) is 18.7 Å². The molecule has 0 atom stereocenters. The van der Waals surface area contributed by atoms with Crippen molar-refractivity contribution in [3.63, 3.8) is 0 Å². The van der Waals surface area contributed by atoms with Gasteiger partial charge in [0, 0.05) is 44.0 Å². The summed E-state index contributed by atoms with van der Waals surface area (Å²) in [5, 5.41) is 3.41. The maximum Gasteiger partial charge on any atom is 0.224 e. The van der Waals surface area contributed by atoms with Gasteiger partial charge >= 0.3 is 0 Å². The summed E-state index contributed by atoms with van der Waals surface area (Å²) in [4.78, 5) is 20.6. The normalized spacial score (nSPS) is 14.6. The standard InChI is InChI=1S/C21H25ClFN5O2/c1-30-19-7-4-16(14-18(19)22)26-21(24)25-9-8-20(29)28-12-10-27(11-13-28)17-5-2-15(23)3-6-17/h2-7,14H,8-13H2,1H3,(H3,24,25,26). The molecule has 0 bridgehead atoms. The minimum atomic E-state index is -0.253. The van der Waals surface area contributed by atoms with Crippen LogP contribution < -0.4 is 20.7 Å². The van der Waals surface area contributed by atoms with E-state index >= 15 is 0 Å². The Bertz CT molecular complexity index is 899. The van der Waals surface area contributed by atoms with E-state index in [0.717, 1.165) is 5.69 Å². The summed E-state index contributed by atoms with van der Waals surface area (Å²) < 4.78 is 18.2. The van der Waals surface area contributed by atoms with Gasteiger partial charge in [0.2, 0.25) is 5.91 Å². The van der Waals surface area contributed by atoms with E-state index in [2.05, 4.69) is 15.2 Å². The van der Waals surface area contributed by atoms with Crippen LogP contribution in [0, 0.1) is 5.82 Å². The van der Waals surface area contributed by atoms with Crippen LogP contribution in [-0.2, 0) is 4.79 Å². The maximum atomic E-state index is 13.1. The van der Waals surface area contributed by atoms with E-state index in [0.29, 0.717) is 49.2 Å². The molecule has 2 aromatic carbocycles. The van der Waals surface area contributed by atoms with Crippen LogP contribution in [0.4, 0.5) is 15.8 Å². The van der Waals surface area contributed by atoms with Gasteiger partial charge in [0.1, 0.15) is 11.6 Å². The fourth-order valence-electron chi connectivity index (χ4n) is 3.23. The molecule has 3 rings (SSSR count). The molecule has 1 aliphatic heterocycles. The van der Waals surface area contributed by atoms with E-state index in [1.165, 1.54) is 12.1 Å². The van der Waals surface area contributed by atoms with Gasteiger partial charge < -0.3 is 25.6 Å². The minimum absolute atomic E-state index is 0.0396. The molecule has 160 valence electrons. The smallest absolute Gasteiger partial charge is 0.224 e. The zero-order valence-corrected chi connectivity index (χ0v) is 17.5. The van der Waals surface area contributed by atoms with Crippen molar-refractivity contribution >= 4 is 34.8 Å². The number of nitrogens with zero attached hydrogens (tertiary/aromatic N) is 3. The second-order valence-electron chi connectivity index (χ2n) is 6.84. The summed E-state index contributed by atoms with van der Waals surface area (Å²) in [6, 6.07) is 11.6. The number of amides is 1. The Hall–Kier alpha value is -3.00. The lowest BCUT2D eigenvalue weighted by Crippen LogP contribution is -2.48. The molecule has 0 saturated carbocycles. The molecule has 1 aliphatic rings. The molecule has 0 aromatic heterocycles. The quantitative estimate of drug-likeness (QED) is 0.540. The Balaban J connectivity index is 1.43. The number of carbonyl (C=O) groups excluding carboxylic acids is 1. The number of anilines is 2. The van der Waals surface area contributed by atoms with Crippen LogP contribution in [0.15, 0.2) is 47.5 Å². The van der Waals surface area contributed by atoms with Gasteiger partial charge in [-0.05, 0) is 42.5 Å². The first kappa shape index (κ1) is 21.7. The van der Waals surface area contributed by atoms with E-state index in [4.69, 9.17) is 22.1 Å². The first-order chi connectivity index (χ1) is 14.5. The number of halogens is 2. The molecule has 0 aliphatic carbocycles. The lowest BCUT2D eigenvalue weighted by Gasteiger charge is -2.36. The zero-order valence-electron chi connectivity index (χ0n) is 16.8. The van der Waals surface area contributed by atoms with E-state index in [-0.39, 0.29) is 24.1 Å². The number of nitrogens with one attached hydrogen (secondary N) is 1. The molecule has 1 heterocycles. The highest BCUT2D eigenvalue weighted by molar-refractivity contribution is 6.32. The Morgan fingerprint density at radius 3 is 2.53 bits per heavy atom. The van der Waals surface area contributed by atoms with Crippen LogP contribution >= 0.6 is 11.6 Å². The van der Waals surface area contributed by atoms with Crippen LogP contribution in [0.5, 0.6) is 5.75 Å². The van der Waals surface area contributed by atoms with Crippen LogP contribution in [0.3, 0.4) is 0 Å². The number of nitrogens with two attached hydrogens (primary N) is 1. The fraction of sp³-hybridized carbons (Fsp3) is 0.333. The number of benzene rings is 2. The highest BCUT2D eigenvalue weighted by Crippen LogP contribution is 2.27. The third-order valence-corrected chi connectivity index (χ3v) is 5.15. The predicted molar refractivity (Wildman–Crippen MR) is 118 cm³/mol. The predicted octanol–water partition coefficient (Wildman–Crippen LogP) is 2.95. The maximum absolute atomic E-state index is 13.1. The van der Waals surface area contributed by atoms with Crippen molar-refractivity contribution in [3.8, 4) is 5.75 Å². The molecule has 1 amide bonds. The average molecular weight is 434 g/mol. The Labute approximate surface area is 180 Å². The van der Waals surface area contributed by atoms with Gasteiger partial charge in [0.15, 0.2) is 5.96 Å². The number of hydrogen-bond acceptors (Lipinski definition) is 4. The summed E-state index contributed by atoms with van der Waals surface area (Å²) in [7, 11) is 1.55. The van der Waals surface area contributed by atoms with Gasteiger partial charge in [-0.15, -0.1) is 0 Å². The molecular formula is C21H25ClFN5O2. The number of guanidine groups is 1. The number of carbonyl (C=O) groups is 1. The monoisotopic (exact) mass is 433 g/mol. The van der Waals surface area contributed by atoms with Gasteiger partial charge in [-0.25, -0.2) is 4.39 Å². The van der Waals surface area contributed by atoms with Crippen molar-refractivity contribution in [2.45, 2.75) is 6.42 Å². The first-order valence-electron chi connectivity index (χ1n) is 9.65. The number of ether oxygens (including phenoxy) is 1. The van der Waals surface area contributed by atoms with E-state index in [1.807, 2.05) is 4.90 Å². The number of hydrogen-bond donors (Lipinski definition) is 2. The zero-order chi connectivity index (χ0) is 21.5. The van der Waals surface area contributed by atoms with Crippen molar-refractivity contribution in [1.82, 2.24) is 4.90 Å². The number of methoxy groups -OCH3 is 1. The van der Waals surface area contributed by atoms with Crippen LogP contribution in [-0.4, -0.2) is 56.6 Å². The highest BCUT2D eigenvalue weighted by Gasteiger charge is 2.20. The van der Waals surface area contributed by atoms with Gasteiger partial charge in [-0.1, -0.05) is 11.6 Å². The molecule has 30 heavy (non-hydrogen) atoms. The summed E-state index contributed by atoms with van der Waals surface area (Å²) in [5.41, 5.74) is 7.54. The van der Waals surface area contributed by atoms with Crippen LogP contribution in [0.1, 0.15) is 6.42 Å². The van der Waals surface area contributed by atoms with E-state index in [1.54, 1.807) is 37.4 Å². The molecule has 9 heteroatoms. The van der Waals surface area contributed by atoms with Crippen molar-refractivity contribution in [1.29, 1.82) is 0 Å². The molecular weight excluding hydrogens is 409 g/mol. The van der Waals surface area contributed by atoms with E-state index in [9.17, 15) is 9.18 Å². The van der Waals surface area contributed by atoms with Crippen molar-refractivity contribution in [2.24, 2.45) is 10.7 Å². The second-order valence-corrected chi connectivity index (χ2v) is 7.24. The molecule has 1 saturated heterocycles. The lowest BCUT2D eigenvalue weighted by atomic mass is 10.2. The molecule has 0 unspecified atom stereocenters. The number of rotatable bonds is 6. The van der Waals surface area contributed by atoms with E-state index < -0.39 is 0 Å². The molecule has 0 spiro atoms. The van der Waals surface area contributed by atoms with Gasteiger partial charge in [0.25, 0.3) is 0 Å². The molecule has 2 aromatic rings. The molecule has 0 radical (unpaired) electrons. The highest BCUT2D eigenvalue weighted by atomic mass is 35.5. The molecule has 1 fully saturated rings. The summed E-state index contributed by atoms with van der Waals surface area (Å²) >= 11 is 6.09. The van der Waals surface area contributed by atoms with Crippen LogP contribution in [0.2, 0.25) is 5.02 Å². The number of aliphatic imine (C=N–C) groups is 1. The van der Waals surface area contributed by atoms with Gasteiger partial charge in [-0.3, -0.25) is 9.79 Å². The first-order valence-corrected chi connectivity index (χ1v) is 10.0. The Morgan fingerprint density at radius 2 is 1.90 bits per heavy atom. The molecule has 7 nitrogen and oxygen atoms in total. The summed E-state index contributed by atoms with van der Waals surface area (Å²) in [5.74, 6) is 0.572. The third-order valence-electron chi connectivity index (χ3n) is 4.86. The molecule has 3 N–H and O–H groups in total. The average Bonchev–Trinajstić information content (AvgIpc) is 2.74. The fourth-order valence-corrected chi connectivity index (χ4v) is 3.49. The SMILES string of the molecule is COc1ccc(NC(N)=NCCC(=O)N2CCN(c3ccc(F)cc3)CC2)cc1Cl. The lowest BCUT2D eigenvalue weighted by molar-refractivity contribution is -0.131. The van der Waals surface area contributed by atoms with Crippen molar-refractivity contribution < 1.29 is 13.9 Å². The van der Waals surface area contributed by atoms with Gasteiger partial charge in [-0.2, -0.15) is 0 Å². The Morgan fingerprint density at radius 1 is 1.20 bits per heavy atom. The van der Waals surface area contributed by atoms with Crippen molar-refractivity contribution in [2.75, 3.05) is 50.1 Å². The summed E-state index contributed by atoms with van der Waals surface area (Å²) in [6.45, 7) is 2.96. The largest absolute Gasteiger partial charge is 0.495 e. The second kappa shape index (κ2) is 10.2. The van der Waals surface area contributed by atoms with Crippen molar-refractivity contribution in [3.05, 3.63) is 53.3 Å². The minimum Gasteiger partial charge on any atom is -0.495 e. The van der Waals surface area contributed by atoms with Crippen LogP contribution in [0.25, 0.3) is 0 Å². The number of piperazine rings is 1. The Kier molecular flexibility index (Phi) is 7.35. The third kappa shape index (κ3) is 5.76. The summed E-state index contributed by atoms with van der Waals surface area (Å²) in [6.07, 6.45) is 0.280. The topological polar surface area (TPSA) is 83.2 Å².